The van der Waals surface area contributed by atoms with Crippen molar-refractivity contribution in [3.8, 4) is 0 Å². The maximum atomic E-state index is 12.0. The molecule has 1 atom stereocenters. The summed E-state index contributed by atoms with van der Waals surface area (Å²) in [6, 6.07) is -0.780. The molecule has 9 heteroatoms. The minimum atomic E-state index is -3.43. The van der Waals surface area contributed by atoms with E-state index >= 15 is 0 Å². The molecule has 0 fully saturated rings. The third-order valence-electron chi connectivity index (χ3n) is 2.27. The summed E-state index contributed by atoms with van der Waals surface area (Å²) in [5.74, 6) is 0.321. The van der Waals surface area contributed by atoms with E-state index in [-0.39, 0.29) is 18.4 Å². The van der Waals surface area contributed by atoms with Crippen LogP contribution in [0.3, 0.4) is 0 Å². The quantitative estimate of drug-likeness (QED) is 0.619. The fourth-order valence-electron chi connectivity index (χ4n) is 1.55. The molecule has 1 aromatic rings. The number of aromatic amines is 1. The second kappa shape index (κ2) is 6.62. The Hall–Kier alpha value is -1.48. The zero-order chi connectivity index (χ0) is 14.5. The molecule has 0 aliphatic heterocycles. The Morgan fingerprint density at radius 1 is 1.47 bits per heavy atom. The molecule has 0 radical (unpaired) electrons. The predicted molar refractivity (Wildman–Crippen MR) is 69.5 cm³/mol. The third kappa shape index (κ3) is 6.30. The highest BCUT2D eigenvalue weighted by molar-refractivity contribution is 7.88. The Morgan fingerprint density at radius 2 is 2.16 bits per heavy atom. The first-order valence-electron chi connectivity index (χ1n) is 5.87. The van der Waals surface area contributed by atoms with Crippen molar-refractivity contribution in [1.82, 2.24) is 25.2 Å². The Kier molecular flexibility index (Phi) is 5.43. The molecule has 3 N–H and O–H groups in total. The summed E-state index contributed by atoms with van der Waals surface area (Å²) in [6.07, 6.45) is 2.79. The maximum Gasteiger partial charge on any atom is 0.238 e. The van der Waals surface area contributed by atoms with Crippen LogP contribution >= 0.6 is 0 Å². The molecule has 1 unspecified atom stereocenters. The number of hydrogen-bond acceptors (Lipinski definition) is 5. The lowest BCUT2D eigenvalue weighted by atomic mass is 10.0. The average molecular weight is 289 g/mol. The van der Waals surface area contributed by atoms with Crippen molar-refractivity contribution < 1.29 is 13.2 Å². The fourth-order valence-corrected chi connectivity index (χ4v) is 2.27. The molecular formula is C10H19N5O3S. The number of nitrogens with one attached hydrogen (secondary N) is 3. The molecule has 1 rings (SSSR count). The van der Waals surface area contributed by atoms with Crippen molar-refractivity contribution in [2.24, 2.45) is 5.92 Å². The van der Waals surface area contributed by atoms with Crippen LogP contribution in [0.5, 0.6) is 0 Å². The van der Waals surface area contributed by atoms with Gasteiger partial charge in [0.05, 0.1) is 12.8 Å². The number of rotatable bonds is 7. The van der Waals surface area contributed by atoms with Gasteiger partial charge in [-0.05, 0) is 12.3 Å². The van der Waals surface area contributed by atoms with E-state index in [2.05, 4.69) is 25.2 Å². The van der Waals surface area contributed by atoms with E-state index in [0.29, 0.717) is 12.2 Å². The number of aromatic nitrogens is 3. The zero-order valence-electron chi connectivity index (χ0n) is 11.2. The number of sulfonamides is 1. The number of hydrogen-bond donors (Lipinski definition) is 3. The van der Waals surface area contributed by atoms with Crippen molar-refractivity contribution in [1.29, 1.82) is 0 Å². The van der Waals surface area contributed by atoms with Gasteiger partial charge in [-0.25, -0.2) is 18.1 Å². The van der Waals surface area contributed by atoms with Gasteiger partial charge in [-0.3, -0.25) is 9.89 Å². The van der Waals surface area contributed by atoms with E-state index in [9.17, 15) is 13.2 Å². The van der Waals surface area contributed by atoms with Gasteiger partial charge in [-0.15, -0.1) is 0 Å². The van der Waals surface area contributed by atoms with Crippen LogP contribution < -0.4 is 10.0 Å². The van der Waals surface area contributed by atoms with Crippen molar-refractivity contribution in [2.45, 2.75) is 32.9 Å². The highest BCUT2D eigenvalue weighted by atomic mass is 32.2. The van der Waals surface area contributed by atoms with Gasteiger partial charge < -0.3 is 5.32 Å². The van der Waals surface area contributed by atoms with Gasteiger partial charge in [0.25, 0.3) is 0 Å². The molecule has 0 spiro atoms. The van der Waals surface area contributed by atoms with E-state index in [0.717, 1.165) is 6.26 Å². The lowest BCUT2D eigenvalue weighted by Crippen LogP contribution is -2.46. The monoisotopic (exact) mass is 289 g/mol. The number of amides is 1. The van der Waals surface area contributed by atoms with E-state index in [1.807, 2.05) is 13.8 Å². The van der Waals surface area contributed by atoms with Crippen molar-refractivity contribution >= 4 is 15.9 Å². The summed E-state index contributed by atoms with van der Waals surface area (Å²) < 4.78 is 24.8. The van der Waals surface area contributed by atoms with Crippen LogP contribution in [0.25, 0.3) is 0 Å². The largest absolute Gasteiger partial charge is 0.347 e. The number of carbonyl (C=O) groups is 1. The average Bonchev–Trinajstić information content (AvgIpc) is 2.75. The van der Waals surface area contributed by atoms with Gasteiger partial charge in [0.2, 0.25) is 15.9 Å². The molecule has 108 valence electrons. The first-order chi connectivity index (χ1) is 8.78. The number of carbonyl (C=O) groups excluding carboxylic acids is 1. The smallest absolute Gasteiger partial charge is 0.238 e. The summed E-state index contributed by atoms with van der Waals surface area (Å²) in [4.78, 5) is 15.8. The molecular weight excluding hydrogens is 270 g/mol. The molecule has 0 saturated carbocycles. The van der Waals surface area contributed by atoms with Gasteiger partial charge in [-0.2, -0.15) is 5.10 Å². The van der Waals surface area contributed by atoms with Gasteiger partial charge in [-0.1, -0.05) is 13.8 Å². The second-order valence-corrected chi connectivity index (χ2v) is 6.50. The molecule has 8 nitrogen and oxygen atoms in total. The topological polar surface area (TPSA) is 117 Å². The minimum absolute atomic E-state index is 0.179. The number of H-pyrrole nitrogens is 1. The molecule has 1 amide bonds. The van der Waals surface area contributed by atoms with Crippen LogP contribution in [0.15, 0.2) is 6.33 Å². The molecule has 19 heavy (non-hydrogen) atoms. The van der Waals surface area contributed by atoms with Gasteiger partial charge >= 0.3 is 0 Å². The fraction of sp³-hybridized carbons (Fsp3) is 0.700. The van der Waals surface area contributed by atoms with Crippen molar-refractivity contribution in [3.63, 3.8) is 0 Å². The standard InChI is InChI=1S/C10H19N5O3S/c1-7(2)4-8(15-19(3,17)18)10(16)11-5-9-12-6-13-14-9/h6-8,15H,4-5H2,1-3H3,(H,11,16)(H,12,13,14). The lowest BCUT2D eigenvalue weighted by molar-refractivity contribution is -0.123. The maximum absolute atomic E-state index is 12.0. The summed E-state index contributed by atoms with van der Waals surface area (Å²) in [5, 5.41) is 8.87. The Morgan fingerprint density at radius 3 is 2.63 bits per heavy atom. The van der Waals surface area contributed by atoms with Crippen molar-refractivity contribution in [3.05, 3.63) is 12.2 Å². The second-order valence-electron chi connectivity index (χ2n) is 4.72. The van der Waals surface area contributed by atoms with Crippen LogP contribution in [-0.4, -0.2) is 41.8 Å². The van der Waals surface area contributed by atoms with Crippen LogP contribution in [0.1, 0.15) is 26.1 Å². The summed E-state index contributed by atoms with van der Waals surface area (Å²) in [6.45, 7) is 4.01. The number of nitrogens with zero attached hydrogens (tertiary/aromatic N) is 2. The van der Waals surface area contributed by atoms with E-state index in [4.69, 9.17) is 0 Å². The van der Waals surface area contributed by atoms with Crippen LogP contribution in [-0.2, 0) is 21.4 Å². The van der Waals surface area contributed by atoms with Gasteiger partial charge in [0, 0.05) is 0 Å². The zero-order valence-corrected chi connectivity index (χ0v) is 12.0. The summed E-state index contributed by atoms with van der Waals surface area (Å²) >= 11 is 0. The Balaban J connectivity index is 2.60. The van der Waals surface area contributed by atoms with Crippen molar-refractivity contribution in [2.75, 3.05) is 6.26 Å². The first kappa shape index (κ1) is 15.6. The molecule has 0 bridgehead atoms. The SMILES string of the molecule is CC(C)CC(NS(C)(=O)=O)C(=O)NCc1ncn[nH]1. The molecule has 0 saturated heterocycles. The highest BCUT2D eigenvalue weighted by Crippen LogP contribution is 2.06. The van der Waals surface area contributed by atoms with Gasteiger partial charge in [0.15, 0.2) is 0 Å². The summed E-state index contributed by atoms with van der Waals surface area (Å²) in [5.41, 5.74) is 0. The highest BCUT2D eigenvalue weighted by Gasteiger charge is 2.23. The molecule has 0 aromatic carbocycles. The third-order valence-corrected chi connectivity index (χ3v) is 2.99. The minimum Gasteiger partial charge on any atom is -0.347 e. The molecule has 0 aliphatic carbocycles. The normalized spacial score (nSPS) is 13.5. The lowest BCUT2D eigenvalue weighted by Gasteiger charge is -2.18. The Labute approximate surface area is 112 Å². The predicted octanol–water partition coefficient (Wildman–Crippen LogP) is -0.615. The summed E-state index contributed by atoms with van der Waals surface area (Å²) in [7, 11) is -3.43. The molecule has 1 heterocycles. The van der Waals surface area contributed by atoms with E-state index in [1.54, 1.807) is 0 Å². The van der Waals surface area contributed by atoms with Crippen LogP contribution in [0.4, 0.5) is 0 Å². The van der Waals surface area contributed by atoms with Crippen LogP contribution in [0.2, 0.25) is 0 Å². The molecule has 0 aliphatic rings. The first-order valence-corrected chi connectivity index (χ1v) is 7.76. The molecule has 1 aromatic heterocycles. The Bertz CT molecular complexity index is 497. The van der Waals surface area contributed by atoms with E-state index in [1.165, 1.54) is 6.33 Å². The van der Waals surface area contributed by atoms with E-state index < -0.39 is 16.1 Å². The van der Waals surface area contributed by atoms with Gasteiger partial charge in [0.1, 0.15) is 18.2 Å². The van der Waals surface area contributed by atoms with Crippen LogP contribution in [0, 0.1) is 5.92 Å².